The van der Waals surface area contributed by atoms with E-state index in [1.165, 1.54) is 20.8 Å². The molecule has 0 unspecified atom stereocenters. The quantitative estimate of drug-likeness (QED) is 0.675. The van der Waals surface area contributed by atoms with E-state index in [2.05, 4.69) is 4.72 Å². The summed E-state index contributed by atoms with van der Waals surface area (Å²) in [5, 5.41) is 19.7. The number of nitro groups is 1. The number of benzene rings is 1. The molecule has 0 spiro atoms. The molecule has 20 heavy (non-hydrogen) atoms. The third-order valence-corrected chi connectivity index (χ3v) is 4.49. The van der Waals surface area contributed by atoms with Crippen LogP contribution in [0.3, 0.4) is 0 Å². The van der Waals surface area contributed by atoms with Crippen molar-refractivity contribution in [1.82, 2.24) is 4.72 Å². The first-order chi connectivity index (χ1) is 9.00. The molecule has 0 aliphatic carbocycles. The molecule has 0 amide bonds. The van der Waals surface area contributed by atoms with Crippen molar-refractivity contribution in [2.75, 3.05) is 0 Å². The lowest BCUT2D eigenvalue weighted by molar-refractivity contribution is -0.385. The summed E-state index contributed by atoms with van der Waals surface area (Å²) in [6.45, 7) is 4.16. The van der Waals surface area contributed by atoms with Crippen LogP contribution in [0.1, 0.15) is 19.4 Å². The highest BCUT2D eigenvalue weighted by molar-refractivity contribution is 7.89. The standard InChI is InChI=1S/C11H12ClN3O4S/c1-7-9(12)4-8(5-10(7)15(16)17)20(18,19)14-11(2,3)6-13/h4-5,14H,1-3H3. The van der Waals surface area contributed by atoms with E-state index in [0.29, 0.717) is 0 Å². The number of nitriles is 1. The van der Waals surface area contributed by atoms with Crippen molar-refractivity contribution in [1.29, 1.82) is 5.26 Å². The van der Waals surface area contributed by atoms with Crippen molar-refractivity contribution in [3.05, 3.63) is 32.8 Å². The zero-order valence-corrected chi connectivity index (χ0v) is 12.5. The molecule has 1 N–H and O–H groups in total. The van der Waals surface area contributed by atoms with E-state index in [4.69, 9.17) is 16.9 Å². The van der Waals surface area contributed by atoms with Gasteiger partial charge in [0.1, 0.15) is 5.54 Å². The van der Waals surface area contributed by atoms with Crippen LogP contribution in [0.2, 0.25) is 5.02 Å². The molecule has 9 heteroatoms. The minimum absolute atomic E-state index is 0.0330. The Morgan fingerprint density at radius 3 is 2.45 bits per heavy atom. The van der Waals surface area contributed by atoms with E-state index in [9.17, 15) is 18.5 Å². The SMILES string of the molecule is Cc1c(Cl)cc(S(=O)(=O)NC(C)(C)C#N)cc1[N+](=O)[O-]. The summed E-state index contributed by atoms with van der Waals surface area (Å²) in [4.78, 5) is 9.80. The average Bonchev–Trinajstić information content (AvgIpc) is 2.30. The first-order valence-electron chi connectivity index (χ1n) is 5.40. The van der Waals surface area contributed by atoms with Crippen molar-refractivity contribution in [2.24, 2.45) is 0 Å². The van der Waals surface area contributed by atoms with E-state index in [0.717, 1.165) is 12.1 Å². The minimum Gasteiger partial charge on any atom is -0.258 e. The van der Waals surface area contributed by atoms with Crippen LogP contribution in [0.4, 0.5) is 5.69 Å². The molecule has 0 radical (unpaired) electrons. The van der Waals surface area contributed by atoms with Gasteiger partial charge in [0, 0.05) is 11.6 Å². The largest absolute Gasteiger partial charge is 0.275 e. The Balaban J connectivity index is 3.42. The van der Waals surface area contributed by atoms with E-state index < -0.39 is 26.2 Å². The van der Waals surface area contributed by atoms with Crippen LogP contribution in [0.15, 0.2) is 17.0 Å². The van der Waals surface area contributed by atoms with E-state index >= 15 is 0 Å². The highest BCUT2D eigenvalue weighted by Gasteiger charge is 2.28. The summed E-state index contributed by atoms with van der Waals surface area (Å²) in [6, 6.07) is 3.80. The lowest BCUT2D eigenvalue weighted by Crippen LogP contribution is -2.41. The Bertz CT molecular complexity index is 707. The predicted molar refractivity (Wildman–Crippen MR) is 72.9 cm³/mol. The Labute approximate surface area is 121 Å². The smallest absolute Gasteiger partial charge is 0.258 e. The van der Waals surface area contributed by atoms with Crippen LogP contribution in [0, 0.1) is 28.4 Å². The topological polar surface area (TPSA) is 113 Å². The van der Waals surface area contributed by atoms with Gasteiger partial charge in [-0.1, -0.05) is 11.6 Å². The molecule has 0 aliphatic rings. The number of rotatable bonds is 4. The molecule has 1 aromatic carbocycles. The lowest BCUT2D eigenvalue weighted by atomic mass is 10.1. The first-order valence-corrected chi connectivity index (χ1v) is 7.26. The van der Waals surface area contributed by atoms with Crippen LogP contribution < -0.4 is 4.72 Å². The molecule has 0 aliphatic heterocycles. The van der Waals surface area contributed by atoms with Crippen LogP contribution >= 0.6 is 11.6 Å². The number of nitrogens with one attached hydrogen (secondary N) is 1. The van der Waals surface area contributed by atoms with Crippen LogP contribution in [-0.4, -0.2) is 18.9 Å². The Morgan fingerprint density at radius 2 is 2.00 bits per heavy atom. The molecule has 1 rings (SSSR count). The van der Waals surface area contributed by atoms with E-state index in [-0.39, 0.29) is 15.5 Å². The van der Waals surface area contributed by atoms with Gasteiger partial charge in [0.05, 0.1) is 20.9 Å². The zero-order valence-electron chi connectivity index (χ0n) is 11.0. The molecule has 0 aromatic heterocycles. The fourth-order valence-electron chi connectivity index (χ4n) is 1.40. The summed E-state index contributed by atoms with van der Waals surface area (Å²) >= 11 is 5.81. The van der Waals surface area contributed by atoms with Gasteiger partial charge in [0.15, 0.2) is 0 Å². The average molecular weight is 318 g/mol. The number of halogens is 1. The normalized spacial score (nSPS) is 11.9. The monoisotopic (exact) mass is 317 g/mol. The summed E-state index contributed by atoms with van der Waals surface area (Å²) in [5.41, 5.74) is -1.56. The van der Waals surface area contributed by atoms with Crippen molar-refractivity contribution in [3.8, 4) is 6.07 Å². The molecule has 1 aromatic rings. The maximum absolute atomic E-state index is 12.1. The number of nitro benzene ring substituents is 1. The van der Waals surface area contributed by atoms with E-state index in [1.807, 2.05) is 0 Å². The van der Waals surface area contributed by atoms with E-state index in [1.54, 1.807) is 6.07 Å². The minimum atomic E-state index is -4.09. The highest BCUT2D eigenvalue weighted by Crippen LogP contribution is 2.29. The van der Waals surface area contributed by atoms with Gasteiger partial charge >= 0.3 is 0 Å². The second-order valence-corrected chi connectivity index (χ2v) is 6.74. The molecule has 0 heterocycles. The van der Waals surface area contributed by atoms with Gasteiger partial charge in [-0.15, -0.1) is 0 Å². The van der Waals surface area contributed by atoms with Gasteiger partial charge < -0.3 is 0 Å². The maximum atomic E-state index is 12.1. The van der Waals surface area contributed by atoms with Gasteiger partial charge in [0.25, 0.3) is 5.69 Å². The van der Waals surface area contributed by atoms with Crippen molar-refractivity contribution < 1.29 is 13.3 Å². The Hall–Kier alpha value is -1.69. The predicted octanol–water partition coefficient (Wildman–Crippen LogP) is 2.14. The van der Waals surface area contributed by atoms with Gasteiger partial charge in [-0.05, 0) is 26.8 Å². The summed E-state index contributed by atoms with van der Waals surface area (Å²) in [6.07, 6.45) is 0. The third kappa shape index (κ3) is 3.45. The third-order valence-electron chi connectivity index (χ3n) is 2.47. The highest BCUT2D eigenvalue weighted by atomic mass is 35.5. The summed E-state index contributed by atoms with van der Waals surface area (Å²) in [7, 11) is -4.09. The molecule has 0 fully saturated rings. The van der Waals surface area contributed by atoms with Crippen LogP contribution in [0.5, 0.6) is 0 Å². The molecular weight excluding hydrogens is 306 g/mol. The fraction of sp³-hybridized carbons (Fsp3) is 0.364. The Morgan fingerprint density at radius 1 is 1.45 bits per heavy atom. The van der Waals surface area contributed by atoms with Gasteiger partial charge in [-0.25, -0.2) is 8.42 Å². The fourth-order valence-corrected chi connectivity index (χ4v) is 3.06. The van der Waals surface area contributed by atoms with Crippen molar-refractivity contribution in [2.45, 2.75) is 31.2 Å². The Kier molecular flexibility index (Phi) is 4.39. The molecule has 108 valence electrons. The number of nitrogens with zero attached hydrogens (tertiary/aromatic N) is 2. The number of sulfonamides is 1. The number of hydrogen-bond donors (Lipinski definition) is 1. The van der Waals surface area contributed by atoms with Gasteiger partial charge in [-0.2, -0.15) is 9.98 Å². The molecule has 0 bridgehead atoms. The molecule has 7 nitrogen and oxygen atoms in total. The molecule has 0 saturated heterocycles. The molecular formula is C11H12ClN3O4S. The van der Waals surface area contributed by atoms with Crippen molar-refractivity contribution >= 4 is 27.3 Å². The van der Waals surface area contributed by atoms with Crippen molar-refractivity contribution in [3.63, 3.8) is 0 Å². The lowest BCUT2D eigenvalue weighted by Gasteiger charge is -2.17. The molecule has 0 saturated carbocycles. The summed E-state index contributed by atoms with van der Waals surface area (Å²) < 4.78 is 26.3. The zero-order chi connectivity index (χ0) is 15.7. The first kappa shape index (κ1) is 16.4. The maximum Gasteiger partial charge on any atom is 0.275 e. The van der Waals surface area contributed by atoms with Crippen LogP contribution in [-0.2, 0) is 10.0 Å². The molecule has 0 atom stereocenters. The van der Waals surface area contributed by atoms with Gasteiger partial charge in [-0.3, -0.25) is 10.1 Å². The number of hydrogen-bond acceptors (Lipinski definition) is 5. The van der Waals surface area contributed by atoms with Gasteiger partial charge in [0.2, 0.25) is 10.0 Å². The van der Waals surface area contributed by atoms with Crippen LogP contribution in [0.25, 0.3) is 0 Å². The summed E-state index contributed by atoms with van der Waals surface area (Å²) in [5.74, 6) is 0. The second kappa shape index (κ2) is 5.36. The second-order valence-electron chi connectivity index (χ2n) is 4.65.